The number of benzene rings is 1. The molecule has 0 fully saturated rings. The lowest BCUT2D eigenvalue weighted by atomic mass is 9.85. The average Bonchev–Trinajstić information content (AvgIpc) is 2.35. The largest absolute Gasteiger partial charge is 0.459 e. The van der Waals surface area contributed by atoms with Crippen LogP contribution in [0.1, 0.15) is 24.3 Å². The Morgan fingerprint density at radius 2 is 1.40 bits per heavy atom. The summed E-state index contributed by atoms with van der Waals surface area (Å²) >= 11 is 0. The summed E-state index contributed by atoms with van der Waals surface area (Å²) in [4.78, 5) is 0. The molecule has 1 aromatic carbocycles. The number of halogens is 7. The quantitative estimate of drug-likeness (QED) is 0.654. The summed E-state index contributed by atoms with van der Waals surface area (Å²) in [5.74, 6) is -13.6. The zero-order valence-corrected chi connectivity index (χ0v) is 10.2. The van der Waals surface area contributed by atoms with Crippen LogP contribution in [0.3, 0.4) is 0 Å². The highest BCUT2D eigenvalue weighted by molar-refractivity contribution is 5.23. The third-order valence-corrected chi connectivity index (χ3v) is 2.91. The van der Waals surface area contributed by atoms with E-state index in [0.29, 0.717) is 0 Å². The van der Waals surface area contributed by atoms with Gasteiger partial charge in [0, 0.05) is 0 Å². The van der Waals surface area contributed by atoms with E-state index in [9.17, 15) is 30.7 Å². The average molecular weight is 301 g/mol. The second-order valence-electron chi connectivity index (χ2n) is 4.30. The second-order valence-corrected chi connectivity index (χ2v) is 4.30. The summed E-state index contributed by atoms with van der Waals surface area (Å²) in [5.41, 5.74) is -0.273. The highest BCUT2D eigenvalue weighted by Crippen LogP contribution is 2.53. The van der Waals surface area contributed by atoms with Gasteiger partial charge >= 0.3 is 18.0 Å². The van der Waals surface area contributed by atoms with Gasteiger partial charge in [-0.25, -0.2) is 0 Å². The molecule has 20 heavy (non-hydrogen) atoms. The first-order valence-electron chi connectivity index (χ1n) is 5.72. The summed E-state index contributed by atoms with van der Waals surface area (Å²) in [7, 11) is 0. The molecule has 7 heteroatoms. The molecule has 0 amide bonds. The molecule has 0 aliphatic carbocycles. The van der Waals surface area contributed by atoms with E-state index in [1.54, 1.807) is 0 Å². The molecule has 0 spiro atoms. The molecular weight excluding hydrogens is 289 g/mol. The number of hydrogen-bond donors (Lipinski definition) is 0. The molecule has 0 nitrogen and oxygen atoms in total. The van der Waals surface area contributed by atoms with E-state index in [0.717, 1.165) is 12.1 Å². The Morgan fingerprint density at radius 1 is 0.900 bits per heavy atom. The molecule has 0 aliphatic heterocycles. The van der Waals surface area contributed by atoms with Crippen LogP contribution >= 0.6 is 0 Å². The smallest absolute Gasteiger partial charge is 0.199 e. The topological polar surface area (TPSA) is 0 Å². The fourth-order valence-corrected chi connectivity index (χ4v) is 1.85. The molecule has 0 bridgehead atoms. The third kappa shape index (κ3) is 2.91. The van der Waals surface area contributed by atoms with Gasteiger partial charge in [0.25, 0.3) is 0 Å². The number of hydrogen-bond acceptors (Lipinski definition) is 0. The molecule has 113 valence electrons. The first-order chi connectivity index (χ1) is 9.05. The third-order valence-electron chi connectivity index (χ3n) is 2.91. The van der Waals surface area contributed by atoms with Crippen molar-refractivity contribution in [1.29, 1.82) is 0 Å². The second kappa shape index (κ2) is 5.61. The summed E-state index contributed by atoms with van der Waals surface area (Å²) in [6.07, 6.45) is -7.09. The minimum absolute atomic E-state index is 0.191. The zero-order chi connectivity index (χ0) is 15.6. The normalized spacial score (nSPS) is 15.2. The molecule has 1 aromatic rings. The maximum Gasteiger partial charge on any atom is 0.459 e. The van der Waals surface area contributed by atoms with Gasteiger partial charge < -0.3 is 0 Å². The highest BCUT2D eigenvalue weighted by Gasteiger charge is 2.74. The molecule has 1 unspecified atom stereocenters. The molecular formula is C13H12F7. The van der Waals surface area contributed by atoms with Gasteiger partial charge in [0.15, 0.2) is 0 Å². The lowest BCUT2D eigenvalue weighted by Gasteiger charge is -2.34. The van der Waals surface area contributed by atoms with E-state index >= 15 is 0 Å². The van der Waals surface area contributed by atoms with Crippen LogP contribution < -0.4 is 0 Å². The minimum Gasteiger partial charge on any atom is -0.199 e. The van der Waals surface area contributed by atoms with Crippen LogP contribution in [-0.4, -0.2) is 18.0 Å². The van der Waals surface area contributed by atoms with Crippen molar-refractivity contribution in [1.82, 2.24) is 0 Å². The van der Waals surface area contributed by atoms with Crippen molar-refractivity contribution in [2.45, 2.75) is 36.8 Å². The van der Waals surface area contributed by atoms with Gasteiger partial charge in [-0.15, -0.1) is 0 Å². The number of alkyl halides is 7. The first-order valence-corrected chi connectivity index (χ1v) is 5.72. The predicted octanol–water partition coefficient (Wildman–Crippen LogP) is 5.22. The summed E-state index contributed by atoms with van der Waals surface area (Å²) in [6, 6.07) is 6.24. The lowest BCUT2D eigenvalue weighted by Crippen LogP contribution is -2.54. The fourth-order valence-electron chi connectivity index (χ4n) is 1.85. The van der Waals surface area contributed by atoms with E-state index in [2.05, 4.69) is 6.92 Å². The minimum atomic E-state index is -6.31. The van der Waals surface area contributed by atoms with Crippen molar-refractivity contribution in [2.75, 3.05) is 0 Å². The summed E-state index contributed by atoms with van der Waals surface area (Å²) in [5, 5.41) is 0. The van der Waals surface area contributed by atoms with Crippen molar-refractivity contribution >= 4 is 0 Å². The number of rotatable bonds is 5. The van der Waals surface area contributed by atoms with E-state index in [-0.39, 0.29) is 12.0 Å². The van der Waals surface area contributed by atoms with Crippen molar-refractivity contribution in [2.24, 2.45) is 0 Å². The van der Waals surface area contributed by atoms with Crippen molar-refractivity contribution in [3.05, 3.63) is 42.8 Å². The molecule has 0 saturated carbocycles. The Balaban J connectivity index is 3.26. The van der Waals surface area contributed by atoms with Crippen molar-refractivity contribution in [3.8, 4) is 0 Å². The van der Waals surface area contributed by atoms with E-state index < -0.39 is 30.4 Å². The van der Waals surface area contributed by atoms with Crippen molar-refractivity contribution < 1.29 is 30.7 Å². The van der Waals surface area contributed by atoms with Gasteiger partial charge in [0.2, 0.25) is 0 Å². The fraction of sp³-hybridized carbons (Fsp3) is 0.462. The van der Waals surface area contributed by atoms with Crippen LogP contribution in [0.5, 0.6) is 0 Å². The van der Waals surface area contributed by atoms with Gasteiger partial charge in [0.1, 0.15) is 0 Å². The van der Waals surface area contributed by atoms with Crippen LogP contribution in [0.4, 0.5) is 30.7 Å². The van der Waals surface area contributed by atoms with Gasteiger partial charge in [-0.2, -0.15) is 30.7 Å². The van der Waals surface area contributed by atoms with Crippen LogP contribution in [0.25, 0.3) is 0 Å². The summed E-state index contributed by atoms with van der Waals surface area (Å²) < 4.78 is 90.2. The molecule has 1 atom stereocenters. The summed E-state index contributed by atoms with van der Waals surface area (Å²) in [6.45, 7) is 3.25. The van der Waals surface area contributed by atoms with E-state index in [1.165, 1.54) is 18.2 Å². The molecule has 0 aromatic heterocycles. The van der Waals surface area contributed by atoms with Gasteiger partial charge in [-0.1, -0.05) is 43.7 Å². The molecule has 0 N–H and O–H groups in total. The lowest BCUT2D eigenvalue weighted by molar-refractivity contribution is -0.359. The van der Waals surface area contributed by atoms with Crippen LogP contribution in [-0.2, 0) is 0 Å². The highest BCUT2D eigenvalue weighted by atomic mass is 19.4. The Morgan fingerprint density at radius 3 is 1.80 bits per heavy atom. The predicted molar refractivity (Wildman–Crippen MR) is 59.7 cm³/mol. The van der Waals surface area contributed by atoms with Gasteiger partial charge in [-0.3, -0.25) is 0 Å². The zero-order valence-electron chi connectivity index (χ0n) is 10.2. The van der Waals surface area contributed by atoms with Crippen molar-refractivity contribution in [3.63, 3.8) is 0 Å². The van der Waals surface area contributed by atoms with E-state index in [1.807, 2.05) is 0 Å². The van der Waals surface area contributed by atoms with Gasteiger partial charge in [0.05, 0.1) is 5.92 Å². The van der Waals surface area contributed by atoms with E-state index in [4.69, 9.17) is 0 Å². The molecule has 1 radical (unpaired) electrons. The molecule has 0 saturated heterocycles. The monoisotopic (exact) mass is 301 g/mol. The van der Waals surface area contributed by atoms with Gasteiger partial charge in [-0.05, 0) is 12.0 Å². The first kappa shape index (κ1) is 16.8. The van der Waals surface area contributed by atoms with Crippen LogP contribution in [0.2, 0.25) is 0 Å². The standard InChI is InChI=1S/C13H12F7/c1-2-6-10(9-7-4-3-5-8-9)11(14,15)12(16,17)13(18,19)20/h3-5,7-8,10H,1-2,6H2. The molecule has 1 rings (SSSR count). The Bertz CT molecular complexity index is 422. The Kier molecular flexibility index (Phi) is 4.71. The maximum absolute atomic E-state index is 13.7. The van der Waals surface area contributed by atoms with Crippen LogP contribution in [0.15, 0.2) is 30.3 Å². The molecule has 0 aliphatic rings. The molecule has 0 heterocycles. The maximum atomic E-state index is 13.7. The Labute approximate surface area is 111 Å². The Hall–Kier alpha value is -1.27. The SMILES string of the molecule is [CH2]CCC(c1ccccc1)C(F)(F)C(F)(F)C(F)(F)F. The van der Waals surface area contributed by atoms with Crippen LogP contribution in [0, 0.1) is 6.92 Å².